The van der Waals surface area contributed by atoms with Crippen LogP contribution >= 0.6 is 15.9 Å². The Morgan fingerprint density at radius 2 is 1.84 bits per heavy atom. The van der Waals surface area contributed by atoms with E-state index in [2.05, 4.69) is 38.7 Å². The Hall–Kier alpha value is -3.62. The summed E-state index contributed by atoms with van der Waals surface area (Å²) in [4.78, 5) is 11.9. The molecule has 0 fully saturated rings. The lowest BCUT2D eigenvalue weighted by atomic mass is 10.0. The van der Waals surface area contributed by atoms with E-state index in [-0.39, 0.29) is 5.97 Å². The van der Waals surface area contributed by atoms with Crippen molar-refractivity contribution in [3.05, 3.63) is 106 Å². The Labute approximate surface area is 189 Å². The van der Waals surface area contributed by atoms with Gasteiger partial charge in [-0.1, -0.05) is 58.4 Å². The van der Waals surface area contributed by atoms with Crippen LogP contribution < -0.4 is 0 Å². The number of aromatic nitrogens is 1. The number of para-hydroxylation sites is 1. The van der Waals surface area contributed by atoms with Gasteiger partial charge in [0.1, 0.15) is 0 Å². The molecule has 0 amide bonds. The molecule has 0 saturated heterocycles. The molecule has 5 heteroatoms. The summed E-state index contributed by atoms with van der Waals surface area (Å²) in [6, 6.07) is 25.6. The van der Waals surface area contributed by atoms with Crippen LogP contribution in [0.2, 0.25) is 0 Å². The molecule has 4 aromatic rings. The van der Waals surface area contributed by atoms with E-state index < -0.39 is 0 Å². The van der Waals surface area contributed by atoms with E-state index in [1.807, 2.05) is 66.9 Å². The van der Waals surface area contributed by atoms with Gasteiger partial charge in [0.15, 0.2) is 0 Å². The second-order valence-corrected chi connectivity index (χ2v) is 8.02. The smallest absolute Gasteiger partial charge is 0.337 e. The normalized spacial score (nSPS) is 11.3. The molecule has 152 valence electrons. The summed E-state index contributed by atoms with van der Waals surface area (Å²) in [5.41, 5.74) is 5.00. The van der Waals surface area contributed by atoms with Crippen molar-refractivity contribution in [3.8, 4) is 6.07 Å². The van der Waals surface area contributed by atoms with Crippen LogP contribution in [0.4, 0.5) is 0 Å². The highest BCUT2D eigenvalue weighted by molar-refractivity contribution is 9.10. The van der Waals surface area contributed by atoms with E-state index in [1.165, 1.54) is 7.11 Å². The maximum atomic E-state index is 11.9. The van der Waals surface area contributed by atoms with Crippen LogP contribution in [0.5, 0.6) is 0 Å². The van der Waals surface area contributed by atoms with Crippen LogP contribution in [0.1, 0.15) is 27.0 Å². The number of hydrogen-bond donors (Lipinski definition) is 0. The highest BCUT2D eigenvalue weighted by Gasteiger charge is 2.11. The SMILES string of the molecule is COC(=O)c1cccc(Cn2cc(/C=C(/C#N)c3cccc(Br)c3)c3ccccc32)c1. The number of halogens is 1. The third kappa shape index (κ3) is 4.45. The molecule has 0 aliphatic carbocycles. The molecule has 4 rings (SSSR count). The van der Waals surface area contributed by atoms with Gasteiger partial charge in [-0.3, -0.25) is 0 Å². The van der Waals surface area contributed by atoms with E-state index in [0.29, 0.717) is 17.7 Å². The summed E-state index contributed by atoms with van der Waals surface area (Å²) >= 11 is 3.47. The number of fused-ring (bicyclic) bond motifs is 1. The van der Waals surface area contributed by atoms with Gasteiger partial charge < -0.3 is 9.30 Å². The lowest BCUT2D eigenvalue weighted by Crippen LogP contribution is -2.03. The zero-order chi connectivity index (χ0) is 21.8. The van der Waals surface area contributed by atoms with Gasteiger partial charge in [0, 0.05) is 33.7 Å². The number of carbonyl (C=O) groups is 1. The number of esters is 1. The first kappa shape index (κ1) is 20.6. The molecule has 0 aliphatic rings. The topological polar surface area (TPSA) is 55.0 Å². The van der Waals surface area contributed by atoms with E-state index >= 15 is 0 Å². The third-order valence-corrected chi connectivity index (χ3v) is 5.57. The van der Waals surface area contributed by atoms with Gasteiger partial charge in [-0.25, -0.2) is 4.79 Å². The lowest BCUT2D eigenvalue weighted by molar-refractivity contribution is 0.0600. The molecule has 1 aromatic heterocycles. The molecule has 0 spiro atoms. The fourth-order valence-corrected chi connectivity index (χ4v) is 4.02. The zero-order valence-electron chi connectivity index (χ0n) is 16.9. The van der Waals surface area contributed by atoms with Crippen LogP contribution in [-0.4, -0.2) is 17.6 Å². The molecule has 0 radical (unpaired) electrons. The molecule has 4 nitrogen and oxygen atoms in total. The predicted molar refractivity (Wildman–Crippen MR) is 126 cm³/mol. The van der Waals surface area contributed by atoms with E-state index in [9.17, 15) is 10.1 Å². The number of nitrogens with zero attached hydrogens (tertiary/aromatic N) is 2. The quantitative estimate of drug-likeness (QED) is 0.254. The number of ether oxygens (including phenoxy) is 1. The summed E-state index contributed by atoms with van der Waals surface area (Å²) < 4.78 is 7.90. The molecule has 3 aromatic carbocycles. The summed E-state index contributed by atoms with van der Waals surface area (Å²) in [7, 11) is 1.38. The Bertz CT molecular complexity index is 1350. The Balaban J connectivity index is 1.76. The maximum Gasteiger partial charge on any atom is 0.337 e. The number of nitriles is 1. The minimum atomic E-state index is -0.351. The number of rotatable bonds is 5. The van der Waals surface area contributed by atoms with Gasteiger partial charge in [-0.15, -0.1) is 0 Å². The number of allylic oxidation sites excluding steroid dienone is 1. The van der Waals surface area contributed by atoms with Gasteiger partial charge in [0.25, 0.3) is 0 Å². The van der Waals surface area contributed by atoms with Crippen molar-refractivity contribution >= 4 is 44.5 Å². The number of methoxy groups -OCH3 is 1. The minimum Gasteiger partial charge on any atom is -0.465 e. The molecule has 0 aliphatic heterocycles. The van der Waals surface area contributed by atoms with Gasteiger partial charge in [-0.05, 0) is 47.5 Å². The highest BCUT2D eigenvalue weighted by Crippen LogP contribution is 2.28. The van der Waals surface area contributed by atoms with Crippen LogP contribution in [0.15, 0.2) is 83.5 Å². The molecule has 0 atom stereocenters. The number of hydrogen-bond acceptors (Lipinski definition) is 3. The summed E-state index contributed by atoms with van der Waals surface area (Å²) in [6.45, 7) is 0.595. The highest BCUT2D eigenvalue weighted by atomic mass is 79.9. The fourth-order valence-electron chi connectivity index (χ4n) is 3.62. The van der Waals surface area contributed by atoms with Crippen molar-refractivity contribution in [2.24, 2.45) is 0 Å². The van der Waals surface area contributed by atoms with Gasteiger partial charge in [0.2, 0.25) is 0 Å². The molecule has 0 unspecified atom stereocenters. The Morgan fingerprint density at radius 3 is 2.61 bits per heavy atom. The van der Waals surface area contributed by atoms with Crippen molar-refractivity contribution in [3.63, 3.8) is 0 Å². The van der Waals surface area contributed by atoms with Gasteiger partial charge in [-0.2, -0.15) is 5.26 Å². The average molecular weight is 471 g/mol. The number of benzene rings is 3. The van der Waals surface area contributed by atoms with E-state index in [4.69, 9.17) is 4.74 Å². The number of carbonyl (C=O) groups excluding carboxylic acids is 1. The fraction of sp³-hybridized carbons (Fsp3) is 0.0769. The first-order valence-electron chi connectivity index (χ1n) is 9.72. The van der Waals surface area contributed by atoms with E-state index in [1.54, 1.807) is 6.07 Å². The molecular weight excluding hydrogens is 452 g/mol. The van der Waals surface area contributed by atoms with Crippen molar-refractivity contribution in [1.82, 2.24) is 4.57 Å². The van der Waals surface area contributed by atoms with Gasteiger partial charge >= 0.3 is 5.97 Å². The largest absolute Gasteiger partial charge is 0.465 e. The van der Waals surface area contributed by atoms with Crippen LogP contribution in [0, 0.1) is 11.3 Å². The van der Waals surface area contributed by atoms with Crippen LogP contribution in [0.3, 0.4) is 0 Å². The minimum absolute atomic E-state index is 0.351. The van der Waals surface area contributed by atoms with Gasteiger partial charge in [0.05, 0.1) is 24.3 Å². The molecule has 0 bridgehead atoms. The van der Waals surface area contributed by atoms with Crippen LogP contribution in [-0.2, 0) is 11.3 Å². The van der Waals surface area contributed by atoms with Crippen LogP contribution in [0.25, 0.3) is 22.6 Å². The molecule has 0 N–H and O–H groups in total. The first-order chi connectivity index (χ1) is 15.1. The zero-order valence-corrected chi connectivity index (χ0v) is 18.5. The van der Waals surface area contributed by atoms with Crippen molar-refractivity contribution in [1.29, 1.82) is 5.26 Å². The summed E-state index contributed by atoms with van der Waals surface area (Å²) in [5.74, 6) is -0.351. The van der Waals surface area contributed by atoms with Crippen molar-refractivity contribution in [2.75, 3.05) is 7.11 Å². The van der Waals surface area contributed by atoms with Crippen molar-refractivity contribution in [2.45, 2.75) is 6.54 Å². The second kappa shape index (κ2) is 9.03. The average Bonchev–Trinajstić information content (AvgIpc) is 3.14. The lowest BCUT2D eigenvalue weighted by Gasteiger charge is -2.07. The predicted octanol–water partition coefficient (Wildman–Crippen LogP) is 6.30. The first-order valence-corrected chi connectivity index (χ1v) is 10.5. The van der Waals surface area contributed by atoms with Crippen molar-refractivity contribution < 1.29 is 9.53 Å². The Morgan fingerprint density at radius 1 is 1.06 bits per heavy atom. The second-order valence-electron chi connectivity index (χ2n) is 7.10. The molecule has 31 heavy (non-hydrogen) atoms. The molecule has 0 saturated carbocycles. The monoisotopic (exact) mass is 470 g/mol. The molecule has 1 heterocycles. The van der Waals surface area contributed by atoms with E-state index in [0.717, 1.165) is 32.1 Å². The molecular formula is C26H19BrN2O2. The third-order valence-electron chi connectivity index (χ3n) is 5.08. The summed E-state index contributed by atoms with van der Waals surface area (Å²) in [5, 5.41) is 10.8. The standard InChI is InChI=1S/C26H19BrN2O2/c1-31-26(30)20-8-4-6-18(12-20)16-29-17-22(24-10-2-3-11-25(24)29)13-21(15-28)19-7-5-9-23(27)14-19/h2-14,17H,16H2,1H3/b21-13-. The Kier molecular flexibility index (Phi) is 6.01. The maximum absolute atomic E-state index is 11.9. The summed E-state index contributed by atoms with van der Waals surface area (Å²) in [6.07, 6.45) is 3.97.